The van der Waals surface area contributed by atoms with Gasteiger partial charge in [0.15, 0.2) is 0 Å². The predicted octanol–water partition coefficient (Wildman–Crippen LogP) is 2.55. The zero-order valence-electron chi connectivity index (χ0n) is 14.4. The molecule has 0 saturated heterocycles. The Morgan fingerprint density at radius 3 is 2.31 bits per heavy atom. The highest BCUT2D eigenvalue weighted by molar-refractivity contribution is 7.89. The normalized spacial score (nSPS) is 11.2. The van der Waals surface area contributed by atoms with Crippen molar-refractivity contribution in [1.82, 2.24) is 4.31 Å². The summed E-state index contributed by atoms with van der Waals surface area (Å²) in [6.45, 7) is 4.09. The van der Waals surface area contributed by atoms with Gasteiger partial charge in [0.2, 0.25) is 10.0 Å². The van der Waals surface area contributed by atoms with Crippen LogP contribution < -0.4 is 5.32 Å². The minimum absolute atomic E-state index is 0.00686. The van der Waals surface area contributed by atoms with Crippen molar-refractivity contribution in [2.24, 2.45) is 0 Å². The molecule has 2 N–H and O–H groups in total. The van der Waals surface area contributed by atoms with E-state index >= 15 is 0 Å². The van der Waals surface area contributed by atoms with E-state index in [0.717, 1.165) is 0 Å². The van der Waals surface area contributed by atoms with Gasteiger partial charge in [0.05, 0.1) is 22.2 Å². The van der Waals surface area contributed by atoms with Crippen LogP contribution in [-0.2, 0) is 10.0 Å². The number of phenols is 1. The molecule has 2 aromatic carbocycles. The van der Waals surface area contributed by atoms with Crippen molar-refractivity contribution in [3.63, 3.8) is 0 Å². The van der Waals surface area contributed by atoms with Gasteiger partial charge in [0, 0.05) is 18.7 Å². The molecule has 0 spiro atoms. The van der Waals surface area contributed by atoms with Crippen molar-refractivity contribution in [1.29, 1.82) is 5.26 Å². The molecule has 0 bridgehead atoms. The van der Waals surface area contributed by atoms with Crippen LogP contribution in [-0.4, -0.2) is 36.8 Å². The van der Waals surface area contributed by atoms with Gasteiger partial charge in [-0.3, -0.25) is 4.79 Å². The number of phenolic OH excluding ortho intramolecular Hbond substituents is 1. The molecule has 2 aromatic rings. The van der Waals surface area contributed by atoms with Gasteiger partial charge in [-0.1, -0.05) is 13.8 Å². The summed E-state index contributed by atoms with van der Waals surface area (Å²) in [4.78, 5) is 12.3. The third-order valence-corrected chi connectivity index (χ3v) is 5.88. The van der Waals surface area contributed by atoms with E-state index < -0.39 is 15.9 Å². The maximum atomic E-state index is 12.6. The maximum Gasteiger partial charge on any atom is 0.255 e. The van der Waals surface area contributed by atoms with Gasteiger partial charge in [-0.05, 0) is 42.5 Å². The zero-order chi connectivity index (χ0) is 19.3. The molecule has 0 heterocycles. The molecule has 0 aliphatic heterocycles. The Balaban J connectivity index is 2.32. The molecule has 0 radical (unpaired) electrons. The molecule has 0 fully saturated rings. The van der Waals surface area contributed by atoms with E-state index in [-0.39, 0.29) is 21.9 Å². The topological polar surface area (TPSA) is 110 Å². The van der Waals surface area contributed by atoms with Gasteiger partial charge in [-0.15, -0.1) is 0 Å². The van der Waals surface area contributed by atoms with Crippen LogP contribution >= 0.6 is 0 Å². The number of hydrogen-bond acceptors (Lipinski definition) is 5. The molecule has 136 valence electrons. The standard InChI is InChI=1S/C18H19N3O4S/c1-3-21(4-2)26(24,25)15-9-10-17(22)16(11-15)20-18(23)14-7-5-13(12-19)6-8-14/h5-11,22H,3-4H2,1-2H3,(H,20,23). The molecule has 0 aliphatic rings. The van der Waals surface area contributed by atoms with Crippen molar-refractivity contribution < 1.29 is 18.3 Å². The maximum absolute atomic E-state index is 12.6. The molecular formula is C18H19N3O4S. The van der Waals surface area contributed by atoms with Gasteiger partial charge in [-0.2, -0.15) is 9.57 Å². The van der Waals surface area contributed by atoms with Crippen molar-refractivity contribution in [3.05, 3.63) is 53.6 Å². The van der Waals surface area contributed by atoms with Gasteiger partial charge < -0.3 is 10.4 Å². The lowest BCUT2D eigenvalue weighted by Crippen LogP contribution is -2.30. The number of nitriles is 1. The molecule has 26 heavy (non-hydrogen) atoms. The van der Waals surface area contributed by atoms with Gasteiger partial charge >= 0.3 is 0 Å². The second kappa shape index (κ2) is 7.99. The van der Waals surface area contributed by atoms with Crippen LogP contribution in [0.15, 0.2) is 47.4 Å². The Morgan fingerprint density at radius 1 is 1.15 bits per heavy atom. The van der Waals surface area contributed by atoms with Gasteiger partial charge in [-0.25, -0.2) is 8.42 Å². The van der Waals surface area contributed by atoms with E-state index in [9.17, 15) is 18.3 Å². The smallest absolute Gasteiger partial charge is 0.255 e. The van der Waals surface area contributed by atoms with E-state index in [2.05, 4.69) is 5.32 Å². The molecule has 0 aliphatic carbocycles. The minimum atomic E-state index is -3.72. The molecule has 8 heteroatoms. The summed E-state index contributed by atoms with van der Waals surface area (Å²) in [5.41, 5.74) is 0.685. The highest BCUT2D eigenvalue weighted by atomic mass is 32.2. The lowest BCUT2D eigenvalue weighted by Gasteiger charge is -2.19. The lowest BCUT2D eigenvalue weighted by molar-refractivity contribution is 0.102. The first kappa shape index (κ1) is 19.4. The number of aromatic hydroxyl groups is 1. The average Bonchev–Trinajstić information content (AvgIpc) is 2.64. The largest absolute Gasteiger partial charge is 0.506 e. The third kappa shape index (κ3) is 4.02. The summed E-state index contributed by atoms with van der Waals surface area (Å²) >= 11 is 0. The molecule has 0 atom stereocenters. The second-order valence-electron chi connectivity index (χ2n) is 5.41. The number of rotatable bonds is 6. The number of hydrogen-bond donors (Lipinski definition) is 2. The number of amides is 1. The Bertz CT molecular complexity index is 943. The SMILES string of the molecule is CCN(CC)S(=O)(=O)c1ccc(O)c(NC(=O)c2ccc(C#N)cc2)c1. The predicted molar refractivity (Wildman–Crippen MR) is 97.3 cm³/mol. The molecular weight excluding hydrogens is 354 g/mol. The monoisotopic (exact) mass is 373 g/mol. The fraction of sp³-hybridized carbons (Fsp3) is 0.222. The summed E-state index contributed by atoms with van der Waals surface area (Å²) in [6.07, 6.45) is 0. The summed E-state index contributed by atoms with van der Waals surface area (Å²) < 4.78 is 26.5. The Hall–Kier alpha value is -2.89. The number of carbonyl (C=O) groups is 1. The average molecular weight is 373 g/mol. The first-order valence-corrected chi connectivity index (χ1v) is 9.42. The number of nitrogens with zero attached hydrogens (tertiary/aromatic N) is 2. The van der Waals surface area contributed by atoms with Crippen molar-refractivity contribution >= 4 is 21.6 Å². The summed E-state index contributed by atoms with van der Waals surface area (Å²) in [6, 6.07) is 11.6. The van der Waals surface area contributed by atoms with E-state index in [1.165, 1.54) is 46.8 Å². The van der Waals surface area contributed by atoms with Crippen LogP contribution in [0, 0.1) is 11.3 Å². The molecule has 1 amide bonds. The van der Waals surface area contributed by atoms with E-state index in [0.29, 0.717) is 18.7 Å². The number of sulfonamides is 1. The zero-order valence-corrected chi connectivity index (χ0v) is 15.2. The molecule has 2 rings (SSSR count). The van der Waals surface area contributed by atoms with E-state index in [1.54, 1.807) is 13.8 Å². The minimum Gasteiger partial charge on any atom is -0.506 e. The number of anilines is 1. The quantitative estimate of drug-likeness (QED) is 0.756. The number of benzene rings is 2. The molecule has 0 unspecified atom stereocenters. The second-order valence-corrected chi connectivity index (χ2v) is 7.35. The van der Waals surface area contributed by atoms with Crippen LogP contribution in [0.4, 0.5) is 5.69 Å². The Kier molecular flexibility index (Phi) is 5.97. The number of carbonyl (C=O) groups excluding carboxylic acids is 1. The van der Waals surface area contributed by atoms with Gasteiger partial charge in [0.25, 0.3) is 5.91 Å². The van der Waals surface area contributed by atoms with Crippen LogP contribution in [0.1, 0.15) is 29.8 Å². The highest BCUT2D eigenvalue weighted by Crippen LogP contribution is 2.28. The summed E-state index contributed by atoms with van der Waals surface area (Å²) in [5, 5.41) is 21.2. The van der Waals surface area contributed by atoms with Gasteiger partial charge in [0.1, 0.15) is 5.75 Å². The van der Waals surface area contributed by atoms with Crippen LogP contribution in [0.3, 0.4) is 0 Å². The Morgan fingerprint density at radius 2 is 1.77 bits per heavy atom. The fourth-order valence-corrected chi connectivity index (χ4v) is 3.86. The summed E-state index contributed by atoms with van der Waals surface area (Å²) in [7, 11) is -3.72. The fourth-order valence-electron chi connectivity index (χ4n) is 2.38. The van der Waals surface area contributed by atoms with Crippen molar-refractivity contribution in [2.75, 3.05) is 18.4 Å². The molecule has 0 aromatic heterocycles. The van der Waals surface area contributed by atoms with Crippen LogP contribution in [0.5, 0.6) is 5.75 Å². The van der Waals surface area contributed by atoms with Crippen molar-refractivity contribution in [3.8, 4) is 11.8 Å². The lowest BCUT2D eigenvalue weighted by atomic mass is 10.1. The first-order chi connectivity index (χ1) is 12.3. The molecule has 0 saturated carbocycles. The van der Waals surface area contributed by atoms with Crippen molar-refractivity contribution in [2.45, 2.75) is 18.7 Å². The first-order valence-electron chi connectivity index (χ1n) is 7.98. The molecule has 7 nitrogen and oxygen atoms in total. The van der Waals surface area contributed by atoms with Crippen LogP contribution in [0.2, 0.25) is 0 Å². The number of nitrogens with one attached hydrogen (secondary N) is 1. The Labute approximate surface area is 152 Å². The highest BCUT2D eigenvalue weighted by Gasteiger charge is 2.23. The van der Waals surface area contributed by atoms with Crippen LogP contribution in [0.25, 0.3) is 0 Å². The van der Waals surface area contributed by atoms with E-state index in [4.69, 9.17) is 5.26 Å². The third-order valence-electron chi connectivity index (χ3n) is 3.84. The summed E-state index contributed by atoms with van der Waals surface area (Å²) in [5.74, 6) is -0.771. The van der Waals surface area contributed by atoms with E-state index in [1.807, 2.05) is 6.07 Å².